The molecule has 0 N–H and O–H groups in total. The Hall–Kier alpha value is -1.09. The Morgan fingerprint density at radius 3 is 2.87 bits per heavy atom. The highest BCUT2D eigenvalue weighted by atomic mass is 79.9. The normalized spacial score (nSPS) is 23.8. The molecule has 8 heteroatoms. The van der Waals surface area contributed by atoms with E-state index >= 15 is 0 Å². The van der Waals surface area contributed by atoms with Crippen LogP contribution >= 0.6 is 27.5 Å². The molecule has 23 heavy (non-hydrogen) atoms. The number of hydrogen-bond donors (Lipinski definition) is 0. The van der Waals surface area contributed by atoms with Crippen molar-refractivity contribution in [3.8, 4) is 0 Å². The van der Waals surface area contributed by atoms with E-state index in [0.717, 1.165) is 40.8 Å². The molecule has 0 aliphatic carbocycles. The lowest BCUT2D eigenvalue weighted by molar-refractivity contribution is 0.107. The van der Waals surface area contributed by atoms with Crippen molar-refractivity contribution in [1.82, 2.24) is 19.2 Å². The number of hydrogen-bond acceptors (Lipinski definition) is 7. The summed E-state index contributed by atoms with van der Waals surface area (Å²) >= 11 is 4.92. The summed E-state index contributed by atoms with van der Waals surface area (Å²) in [5, 5.41) is 1.04. The summed E-state index contributed by atoms with van der Waals surface area (Å²) < 4.78 is 10.5. The number of nitrogens with zero attached hydrogens (tertiary/aromatic N) is 5. The van der Waals surface area contributed by atoms with Crippen molar-refractivity contribution in [3.63, 3.8) is 0 Å². The zero-order chi connectivity index (χ0) is 15.8. The van der Waals surface area contributed by atoms with E-state index in [9.17, 15) is 0 Å². The molecule has 0 spiro atoms. The second kappa shape index (κ2) is 6.43. The first kappa shape index (κ1) is 15.4. The van der Waals surface area contributed by atoms with E-state index < -0.39 is 0 Å². The molecule has 2 aromatic heterocycles. The van der Waals surface area contributed by atoms with Gasteiger partial charge in [0, 0.05) is 61.0 Å². The third-order valence-electron chi connectivity index (χ3n) is 4.39. The summed E-state index contributed by atoms with van der Waals surface area (Å²) in [6, 6.07) is 5.24. The Labute approximate surface area is 147 Å². The van der Waals surface area contributed by atoms with E-state index in [0.29, 0.717) is 18.7 Å². The minimum absolute atomic E-state index is 0.487. The van der Waals surface area contributed by atoms with Gasteiger partial charge in [-0.3, -0.25) is 9.88 Å². The van der Waals surface area contributed by atoms with Gasteiger partial charge < -0.3 is 9.64 Å². The smallest absolute Gasteiger partial charge is 0.205 e. The summed E-state index contributed by atoms with van der Waals surface area (Å²) in [4.78, 5) is 14.0. The molecule has 5 heterocycles. The second-order valence-corrected chi connectivity index (χ2v) is 7.68. The van der Waals surface area contributed by atoms with Gasteiger partial charge >= 0.3 is 0 Å². The maximum absolute atomic E-state index is 5.10. The van der Waals surface area contributed by atoms with Gasteiger partial charge in [-0.25, -0.2) is 4.98 Å². The van der Waals surface area contributed by atoms with Gasteiger partial charge in [0.05, 0.1) is 5.69 Å². The predicted molar refractivity (Wildman–Crippen MR) is 92.5 cm³/mol. The summed E-state index contributed by atoms with van der Waals surface area (Å²) in [6.07, 6.45) is 3.12. The van der Waals surface area contributed by atoms with Gasteiger partial charge in [0.2, 0.25) is 5.13 Å². The Morgan fingerprint density at radius 2 is 2.17 bits per heavy atom. The number of anilines is 1. The van der Waals surface area contributed by atoms with Crippen molar-refractivity contribution in [1.29, 1.82) is 0 Å². The molecule has 0 amide bonds. The number of pyridine rings is 1. The third-order valence-corrected chi connectivity index (χ3v) is 5.63. The van der Waals surface area contributed by atoms with E-state index in [-0.39, 0.29) is 0 Å². The van der Waals surface area contributed by atoms with Crippen LogP contribution in [0.15, 0.2) is 22.8 Å². The molecule has 3 saturated heterocycles. The standard InChI is InChI=1S/C15H18BrN5OS/c1-22-9-14-18-15(23-19-14)21-12-4-13(21)8-20(7-12)6-11-3-2-10(16)5-17-11/h2-3,5,12-13H,4,6-9H2,1H3. The lowest BCUT2D eigenvalue weighted by atomic mass is 9.88. The first-order valence-corrected chi connectivity index (χ1v) is 9.22. The summed E-state index contributed by atoms with van der Waals surface area (Å²) in [7, 11) is 1.67. The highest BCUT2D eigenvalue weighted by Gasteiger charge is 2.46. The molecule has 0 radical (unpaired) electrons. The zero-order valence-corrected chi connectivity index (χ0v) is 15.3. The van der Waals surface area contributed by atoms with Gasteiger partial charge in [-0.1, -0.05) is 0 Å². The molecular weight excluding hydrogens is 378 g/mol. The van der Waals surface area contributed by atoms with Crippen molar-refractivity contribution in [2.45, 2.75) is 31.7 Å². The summed E-state index contributed by atoms with van der Waals surface area (Å²) in [5.41, 5.74) is 1.12. The van der Waals surface area contributed by atoms with Crippen molar-refractivity contribution in [3.05, 3.63) is 34.3 Å². The molecule has 5 rings (SSSR count). The maximum Gasteiger partial charge on any atom is 0.205 e. The Morgan fingerprint density at radius 1 is 1.35 bits per heavy atom. The van der Waals surface area contributed by atoms with E-state index in [1.807, 2.05) is 6.20 Å². The highest BCUT2D eigenvalue weighted by molar-refractivity contribution is 9.10. The SMILES string of the molecule is COCc1nsc(N2C3CC2CN(Cc2ccc(Br)cn2)C3)n1. The summed E-state index contributed by atoms with van der Waals surface area (Å²) in [6.45, 7) is 3.53. The molecule has 3 fully saturated rings. The fourth-order valence-corrected chi connectivity index (χ4v) is 4.46. The lowest BCUT2D eigenvalue weighted by Gasteiger charge is -2.56. The highest BCUT2D eigenvalue weighted by Crippen LogP contribution is 2.38. The van der Waals surface area contributed by atoms with Crippen LogP contribution in [0.1, 0.15) is 17.9 Å². The Balaban J connectivity index is 1.38. The molecule has 0 aromatic carbocycles. The summed E-state index contributed by atoms with van der Waals surface area (Å²) in [5.74, 6) is 0.786. The van der Waals surface area contributed by atoms with Gasteiger partial charge in [0.1, 0.15) is 6.61 Å². The first-order valence-electron chi connectivity index (χ1n) is 7.65. The van der Waals surface area contributed by atoms with E-state index in [1.165, 1.54) is 18.0 Å². The molecule has 6 nitrogen and oxygen atoms in total. The zero-order valence-electron chi connectivity index (χ0n) is 12.9. The van der Waals surface area contributed by atoms with Gasteiger partial charge in [0.15, 0.2) is 5.82 Å². The molecule has 2 atom stereocenters. The number of rotatable bonds is 5. The third kappa shape index (κ3) is 3.13. The molecule has 2 aromatic rings. The number of methoxy groups -OCH3 is 1. The minimum atomic E-state index is 0.487. The number of fused-ring (bicyclic) bond motifs is 2. The van der Waals surface area contributed by atoms with Crippen molar-refractivity contribution in [2.75, 3.05) is 25.1 Å². The number of ether oxygens (including phenoxy) is 1. The quantitative estimate of drug-likeness (QED) is 0.773. The average molecular weight is 396 g/mol. The largest absolute Gasteiger partial charge is 0.377 e. The van der Waals surface area contributed by atoms with Crippen LogP contribution in [0.3, 0.4) is 0 Å². The molecular formula is C15H18BrN5OS. The van der Waals surface area contributed by atoms with Gasteiger partial charge in [0.25, 0.3) is 0 Å². The van der Waals surface area contributed by atoms with Crippen LogP contribution in [0.5, 0.6) is 0 Å². The van der Waals surface area contributed by atoms with Crippen LogP contribution in [0.2, 0.25) is 0 Å². The lowest BCUT2D eigenvalue weighted by Crippen LogP contribution is -2.68. The maximum atomic E-state index is 5.10. The van der Waals surface area contributed by atoms with Crippen LogP contribution in [0.25, 0.3) is 0 Å². The fraction of sp³-hybridized carbons (Fsp3) is 0.533. The van der Waals surface area contributed by atoms with Crippen molar-refractivity contribution < 1.29 is 4.74 Å². The number of piperazine rings is 1. The topological polar surface area (TPSA) is 54.4 Å². The van der Waals surface area contributed by atoms with E-state index in [2.05, 4.69) is 52.2 Å². The minimum Gasteiger partial charge on any atom is -0.377 e. The predicted octanol–water partition coefficient (Wildman–Crippen LogP) is 2.31. The molecule has 3 aliphatic rings. The first-order chi connectivity index (χ1) is 11.2. The van der Waals surface area contributed by atoms with Crippen LogP contribution < -0.4 is 4.90 Å². The van der Waals surface area contributed by atoms with E-state index in [1.54, 1.807) is 7.11 Å². The van der Waals surface area contributed by atoms with Gasteiger partial charge in [-0.05, 0) is 34.5 Å². The Bertz CT molecular complexity index is 667. The van der Waals surface area contributed by atoms with Crippen LogP contribution in [-0.2, 0) is 17.9 Å². The van der Waals surface area contributed by atoms with Crippen LogP contribution in [0.4, 0.5) is 5.13 Å². The Kier molecular flexibility index (Phi) is 4.31. The van der Waals surface area contributed by atoms with Crippen molar-refractivity contribution >= 4 is 32.6 Å². The molecule has 2 bridgehead atoms. The second-order valence-electron chi connectivity index (χ2n) is 6.04. The molecule has 122 valence electrons. The number of halogens is 1. The number of piperidine rings is 1. The number of aromatic nitrogens is 3. The van der Waals surface area contributed by atoms with Crippen LogP contribution in [-0.4, -0.2) is 51.5 Å². The van der Waals surface area contributed by atoms with Gasteiger partial charge in [-0.2, -0.15) is 4.37 Å². The van der Waals surface area contributed by atoms with Gasteiger partial charge in [-0.15, -0.1) is 0 Å². The molecule has 3 aliphatic heterocycles. The monoisotopic (exact) mass is 395 g/mol. The average Bonchev–Trinajstić information content (AvgIpc) is 2.98. The van der Waals surface area contributed by atoms with E-state index in [4.69, 9.17) is 4.74 Å². The fourth-order valence-electron chi connectivity index (χ4n) is 3.40. The molecule has 2 unspecified atom stereocenters. The molecule has 0 saturated carbocycles. The van der Waals surface area contributed by atoms with Crippen molar-refractivity contribution in [2.24, 2.45) is 0 Å². The van der Waals surface area contributed by atoms with Crippen LogP contribution in [0, 0.1) is 0 Å².